The molecule has 3 rings (SSSR count). The molecule has 3 heterocycles. The standard InChI is InChI=1S/C22H35BrN2O6/c1-4-9-13(3)24-19(27)18-22-12-14(23)17(31-22)15(21(29)30-5-2)16(22)20(28)25(18)10-7-6-8-11-26/h13-18,26H,4-12H2,1-3H3,(H,24,27)/t13?,14?,15-,16+,17-,18-,22+/m1/s1. The second kappa shape index (κ2) is 10.2. The predicted octanol–water partition coefficient (Wildman–Crippen LogP) is 1.76. The first-order valence-corrected chi connectivity index (χ1v) is 12.4. The fourth-order valence-electron chi connectivity index (χ4n) is 5.58. The summed E-state index contributed by atoms with van der Waals surface area (Å²) >= 11 is 3.63. The molecule has 0 aromatic heterocycles. The van der Waals surface area contributed by atoms with Gasteiger partial charge in [0, 0.05) is 24.0 Å². The third kappa shape index (κ3) is 4.37. The number of halogens is 1. The quantitative estimate of drug-likeness (QED) is 0.253. The first-order valence-electron chi connectivity index (χ1n) is 11.5. The maximum Gasteiger partial charge on any atom is 0.312 e. The Kier molecular flexibility index (Phi) is 8.02. The monoisotopic (exact) mass is 502 g/mol. The van der Waals surface area contributed by atoms with Crippen LogP contribution in [0.2, 0.25) is 0 Å². The fourth-order valence-corrected chi connectivity index (χ4v) is 6.52. The summed E-state index contributed by atoms with van der Waals surface area (Å²) in [7, 11) is 0. The first-order chi connectivity index (χ1) is 14.8. The number of hydrogen-bond donors (Lipinski definition) is 2. The van der Waals surface area contributed by atoms with Crippen molar-refractivity contribution in [3.63, 3.8) is 0 Å². The summed E-state index contributed by atoms with van der Waals surface area (Å²) in [5, 5.41) is 12.1. The number of aliphatic hydroxyl groups is 1. The molecule has 0 radical (unpaired) electrons. The second-order valence-corrected chi connectivity index (χ2v) is 10.1. The lowest BCUT2D eigenvalue weighted by Gasteiger charge is -2.34. The van der Waals surface area contributed by atoms with Crippen LogP contribution in [0.1, 0.15) is 59.3 Å². The lowest BCUT2D eigenvalue weighted by molar-refractivity contribution is -0.154. The summed E-state index contributed by atoms with van der Waals surface area (Å²) in [5.41, 5.74) is -1.03. The Balaban J connectivity index is 1.92. The van der Waals surface area contributed by atoms with Gasteiger partial charge in [-0.15, -0.1) is 0 Å². The zero-order valence-corrected chi connectivity index (χ0v) is 20.2. The van der Waals surface area contributed by atoms with Crippen molar-refractivity contribution in [3.8, 4) is 0 Å². The zero-order valence-electron chi connectivity index (χ0n) is 18.6. The van der Waals surface area contributed by atoms with E-state index in [1.165, 1.54) is 0 Å². The summed E-state index contributed by atoms with van der Waals surface area (Å²) in [6.07, 6.45) is 3.88. The number of rotatable bonds is 11. The number of carbonyl (C=O) groups is 3. The van der Waals surface area contributed by atoms with Gasteiger partial charge in [0.05, 0.1) is 24.5 Å². The van der Waals surface area contributed by atoms with E-state index >= 15 is 0 Å². The molecule has 0 saturated carbocycles. The molecule has 8 nitrogen and oxygen atoms in total. The van der Waals surface area contributed by atoms with E-state index in [-0.39, 0.29) is 35.9 Å². The Morgan fingerprint density at radius 3 is 2.74 bits per heavy atom. The molecule has 3 aliphatic rings. The van der Waals surface area contributed by atoms with Gasteiger partial charge in [-0.25, -0.2) is 0 Å². The van der Waals surface area contributed by atoms with Gasteiger partial charge in [0.25, 0.3) is 0 Å². The van der Waals surface area contributed by atoms with Gasteiger partial charge in [-0.3, -0.25) is 14.4 Å². The van der Waals surface area contributed by atoms with Gasteiger partial charge in [-0.1, -0.05) is 29.3 Å². The second-order valence-electron chi connectivity index (χ2n) is 8.93. The van der Waals surface area contributed by atoms with Crippen LogP contribution < -0.4 is 5.32 Å². The van der Waals surface area contributed by atoms with Crippen molar-refractivity contribution < 1.29 is 29.0 Å². The Bertz CT molecular complexity index is 691. The zero-order chi connectivity index (χ0) is 22.8. The van der Waals surface area contributed by atoms with Gasteiger partial charge >= 0.3 is 5.97 Å². The molecule has 9 heteroatoms. The van der Waals surface area contributed by atoms with Crippen molar-refractivity contribution in [1.82, 2.24) is 10.2 Å². The van der Waals surface area contributed by atoms with Gasteiger partial charge in [-0.2, -0.15) is 0 Å². The minimum atomic E-state index is -1.03. The Hall–Kier alpha value is -1.19. The maximum absolute atomic E-state index is 13.6. The molecule has 2 bridgehead atoms. The van der Waals surface area contributed by atoms with Gasteiger partial charge in [0.15, 0.2) is 0 Å². The SMILES string of the molecule is CCCC(C)NC(=O)[C@H]1N(CCCCCO)C(=O)[C@@H]2[C@@H](C(=O)OCC)[C@@H]3O[C@@]21CC3Br. The Morgan fingerprint density at radius 2 is 2.10 bits per heavy atom. The van der Waals surface area contributed by atoms with E-state index in [2.05, 4.69) is 28.2 Å². The van der Waals surface area contributed by atoms with Crippen LogP contribution in [-0.2, 0) is 23.9 Å². The van der Waals surface area contributed by atoms with Crippen LogP contribution in [0.15, 0.2) is 0 Å². The maximum atomic E-state index is 13.6. The van der Waals surface area contributed by atoms with Gasteiger partial charge in [-0.05, 0) is 46.0 Å². The number of alkyl halides is 1. The summed E-state index contributed by atoms with van der Waals surface area (Å²) < 4.78 is 11.7. The largest absolute Gasteiger partial charge is 0.466 e. The van der Waals surface area contributed by atoms with E-state index in [1.54, 1.807) is 11.8 Å². The third-order valence-corrected chi connectivity index (χ3v) is 7.61. The number of aliphatic hydroxyl groups excluding tert-OH is 1. The van der Waals surface area contributed by atoms with Crippen molar-refractivity contribution >= 4 is 33.7 Å². The van der Waals surface area contributed by atoms with E-state index in [1.807, 2.05) is 6.92 Å². The molecule has 0 aromatic rings. The van der Waals surface area contributed by atoms with Crippen LogP contribution in [0.3, 0.4) is 0 Å². The Morgan fingerprint density at radius 1 is 1.35 bits per heavy atom. The average Bonchev–Trinajstić information content (AvgIpc) is 3.29. The summed E-state index contributed by atoms with van der Waals surface area (Å²) in [4.78, 5) is 41.3. The molecular formula is C22H35BrN2O6. The highest BCUT2D eigenvalue weighted by Gasteiger charge is 2.76. The lowest BCUT2D eigenvalue weighted by atomic mass is 9.70. The van der Waals surface area contributed by atoms with Crippen molar-refractivity contribution in [2.24, 2.45) is 11.8 Å². The molecule has 7 atom stereocenters. The molecule has 0 aliphatic carbocycles. The number of unbranched alkanes of at least 4 members (excludes halogenated alkanes) is 2. The number of amides is 2. The Labute approximate surface area is 192 Å². The summed E-state index contributed by atoms with van der Waals surface area (Å²) in [6, 6.07) is -0.790. The van der Waals surface area contributed by atoms with Crippen molar-refractivity contribution in [2.75, 3.05) is 19.8 Å². The molecule has 2 unspecified atom stereocenters. The smallest absolute Gasteiger partial charge is 0.312 e. The van der Waals surface area contributed by atoms with Gasteiger partial charge in [0.1, 0.15) is 11.6 Å². The number of esters is 1. The van der Waals surface area contributed by atoms with Crippen LogP contribution in [0, 0.1) is 11.8 Å². The molecule has 3 aliphatic heterocycles. The number of nitrogens with one attached hydrogen (secondary N) is 1. The van der Waals surface area contributed by atoms with Crippen molar-refractivity contribution in [2.45, 2.75) is 87.9 Å². The van der Waals surface area contributed by atoms with Crippen LogP contribution in [0.4, 0.5) is 0 Å². The van der Waals surface area contributed by atoms with E-state index in [0.29, 0.717) is 25.8 Å². The highest BCUT2D eigenvalue weighted by atomic mass is 79.9. The molecule has 3 saturated heterocycles. The van der Waals surface area contributed by atoms with Crippen LogP contribution in [0.25, 0.3) is 0 Å². The molecule has 1 spiro atoms. The highest BCUT2D eigenvalue weighted by Crippen LogP contribution is 2.60. The number of hydrogen-bond acceptors (Lipinski definition) is 6. The summed E-state index contributed by atoms with van der Waals surface area (Å²) in [5.74, 6) is -2.27. The number of fused-ring (bicyclic) bond motifs is 1. The van der Waals surface area contributed by atoms with E-state index in [9.17, 15) is 14.4 Å². The fraction of sp³-hybridized carbons (Fsp3) is 0.864. The predicted molar refractivity (Wildman–Crippen MR) is 117 cm³/mol. The molecule has 31 heavy (non-hydrogen) atoms. The normalized spacial score (nSPS) is 34.7. The van der Waals surface area contributed by atoms with E-state index in [4.69, 9.17) is 14.6 Å². The van der Waals surface area contributed by atoms with Crippen LogP contribution >= 0.6 is 15.9 Å². The van der Waals surface area contributed by atoms with E-state index < -0.39 is 35.6 Å². The molecular weight excluding hydrogens is 468 g/mol. The van der Waals surface area contributed by atoms with Crippen molar-refractivity contribution in [1.29, 1.82) is 0 Å². The molecule has 3 fully saturated rings. The number of likely N-dealkylation sites (tertiary alicyclic amines) is 1. The van der Waals surface area contributed by atoms with Crippen molar-refractivity contribution in [3.05, 3.63) is 0 Å². The van der Waals surface area contributed by atoms with Crippen LogP contribution in [-0.4, -0.2) is 76.2 Å². The molecule has 2 amide bonds. The lowest BCUT2D eigenvalue weighted by Crippen LogP contribution is -2.57. The minimum Gasteiger partial charge on any atom is -0.466 e. The third-order valence-electron chi connectivity index (χ3n) is 6.76. The van der Waals surface area contributed by atoms with E-state index in [0.717, 1.165) is 19.3 Å². The van der Waals surface area contributed by atoms with Gasteiger partial charge in [0.2, 0.25) is 11.8 Å². The van der Waals surface area contributed by atoms with Crippen LogP contribution in [0.5, 0.6) is 0 Å². The average molecular weight is 503 g/mol. The number of carbonyl (C=O) groups excluding carboxylic acids is 3. The number of nitrogens with zero attached hydrogens (tertiary/aromatic N) is 1. The van der Waals surface area contributed by atoms with Gasteiger partial charge < -0.3 is 24.8 Å². The molecule has 2 N–H and O–H groups in total. The molecule has 0 aromatic carbocycles. The first kappa shape index (κ1) is 24.5. The summed E-state index contributed by atoms with van der Waals surface area (Å²) in [6.45, 7) is 6.48. The minimum absolute atomic E-state index is 0.0153. The topological polar surface area (TPSA) is 105 Å². The number of ether oxygens (including phenoxy) is 2. The molecule has 176 valence electrons. The highest BCUT2D eigenvalue weighted by molar-refractivity contribution is 9.09.